The smallest absolute Gasteiger partial charge is 0.0656 e. The monoisotopic (exact) mass is 432 g/mol. The third-order valence-electron chi connectivity index (χ3n) is 8.08. The molecule has 0 aromatic carbocycles. The zero-order valence-electron chi connectivity index (χ0n) is 20.4. The molecule has 32 heavy (non-hydrogen) atoms. The van der Waals surface area contributed by atoms with E-state index in [0.29, 0.717) is 35.5 Å². The molecule has 0 aromatic rings. The average molecular weight is 433 g/mol. The van der Waals surface area contributed by atoms with Gasteiger partial charge in [-0.15, -0.1) is 13.2 Å². The molecule has 0 radical (unpaired) electrons. The van der Waals surface area contributed by atoms with Gasteiger partial charge >= 0.3 is 0 Å². The number of hydrogen-bond donors (Lipinski definition) is 0. The lowest BCUT2D eigenvalue weighted by atomic mass is 9.65. The summed E-state index contributed by atoms with van der Waals surface area (Å²) in [5, 5.41) is 36.1. The third-order valence-corrected chi connectivity index (χ3v) is 8.08. The molecule has 0 N–H and O–H groups in total. The molecule has 0 aromatic heterocycles. The Kier molecular flexibility index (Phi) is 11.8. The Morgan fingerprint density at radius 3 is 1.66 bits per heavy atom. The summed E-state index contributed by atoms with van der Waals surface area (Å²) in [6.07, 6.45) is 10.4. The molecule has 2 aliphatic rings. The fraction of sp³-hybridized carbons (Fsp3) is 0.714. The predicted octanol–water partition coefficient (Wildman–Crippen LogP) is 7.05. The summed E-state index contributed by atoms with van der Waals surface area (Å²) in [5.41, 5.74) is 0. The van der Waals surface area contributed by atoms with Crippen molar-refractivity contribution in [2.24, 2.45) is 59.2 Å². The van der Waals surface area contributed by atoms with Crippen LogP contribution in [-0.2, 0) is 0 Å². The highest BCUT2D eigenvalue weighted by molar-refractivity contribution is 5.01. The minimum absolute atomic E-state index is 0.0450. The van der Waals surface area contributed by atoms with Gasteiger partial charge in [-0.1, -0.05) is 12.2 Å². The summed E-state index contributed by atoms with van der Waals surface area (Å²) in [4.78, 5) is 0. The van der Waals surface area contributed by atoms with Gasteiger partial charge in [-0.25, -0.2) is 0 Å². The van der Waals surface area contributed by atoms with E-state index in [1.807, 2.05) is 39.8 Å². The SMILES string of the molecule is C=CC1CCC(C(C)C#N)C(C(C)C#N)C1.C=CC1CCC(C(C)C#N)CC1C(C)C#N. The van der Waals surface area contributed by atoms with Crippen molar-refractivity contribution in [3.05, 3.63) is 25.3 Å². The quantitative estimate of drug-likeness (QED) is 0.420. The van der Waals surface area contributed by atoms with E-state index in [4.69, 9.17) is 21.0 Å². The summed E-state index contributed by atoms with van der Waals surface area (Å²) < 4.78 is 0. The van der Waals surface area contributed by atoms with Gasteiger partial charge in [0.25, 0.3) is 0 Å². The largest absolute Gasteiger partial charge is 0.198 e. The molecule has 4 heteroatoms. The van der Waals surface area contributed by atoms with Gasteiger partial charge in [0.1, 0.15) is 0 Å². The van der Waals surface area contributed by atoms with E-state index in [-0.39, 0.29) is 23.7 Å². The van der Waals surface area contributed by atoms with E-state index in [9.17, 15) is 0 Å². The fourth-order valence-electron chi connectivity index (χ4n) is 5.65. The molecule has 2 rings (SSSR count). The van der Waals surface area contributed by atoms with Gasteiger partial charge in [-0.3, -0.25) is 0 Å². The maximum Gasteiger partial charge on any atom is 0.0656 e. The molecule has 2 fully saturated rings. The number of allylic oxidation sites excluding steroid dienone is 2. The van der Waals surface area contributed by atoms with Crippen molar-refractivity contribution in [1.82, 2.24) is 0 Å². The van der Waals surface area contributed by atoms with Crippen LogP contribution in [0.4, 0.5) is 0 Å². The molecule has 0 amide bonds. The van der Waals surface area contributed by atoms with E-state index >= 15 is 0 Å². The van der Waals surface area contributed by atoms with Crippen LogP contribution >= 0.6 is 0 Å². The fourth-order valence-corrected chi connectivity index (χ4v) is 5.65. The van der Waals surface area contributed by atoms with Gasteiger partial charge in [-0.05, 0) is 102 Å². The van der Waals surface area contributed by atoms with Gasteiger partial charge in [0, 0.05) is 23.7 Å². The third kappa shape index (κ3) is 7.25. The normalized spacial score (nSPS) is 33.1. The second kappa shape index (κ2) is 13.8. The van der Waals surface area contributed by atoms with Crippen molar-refractivity contribution in [3.63, 3.8) is 0 Å². The van der Waals surface area contributed by atoms with Crippen molar-refractivity contribution in [2.75, 3.05) is 0 Å². The summed E-state index contributed by atoms with van der Waals surface area (Å²) >= 11 is 0. The zero-order chi connectivity index (χ0) is 24.3. The summed E-state index contributed by atoms with van der Waals surface area (Å²) in [7, 11) is 0. The standard InChI is InChI=1S/2C14H20N2/c1-4-12-5-6-13(10(2)8-15)7-14(12)11(3)9-16;1-4-12-5-6-13(10(2)8-15)14(7-12)11(3)9-16/h2*4,10-14H,1,5-7H2,2-3H3. The molecule has 0 bridgehead atoms. The molecule has 10 atom stereocenters. The van der Waals surface area contributed by atoms with Crippen LogP contribution in [0.5, 0.6) is 0 Å². The Morgan fingerprint density at radius 1 is 0.625 bits per heavy atom. The molecule has 0 heterocycles. The van der Waals surface area contributed by atoms with Gasteiger partial charge in [-0.2, -0.15) is 21.0 Å². The lowest BCUT2D eigenvalue weighted by molar-refractivity contribution is 0.140. The van der Waals surface area contributed by atoms with Crippen LogP contribution in [0.25, 0.3) is 0 Å². The van der Waals surface area contributed by atoms with E-state index in [2.05, 4.69) is 37.4 Å². The molecule has 10 unspecified atom stereocenters. The topological polar surface area (TPSA) is 95.2 Å². The van der Waals surface area contributed by atoms with E-state index in [0.717, 1.165) is 38.5 Å². The molecule has 4 nitrogen and oxygen atoms in total. The second-order valence-electron chi connectivity index (χ2n) is 9.94. The van der Waals surface area contributed by atoms with Crippen LogP contribution < -0.4 is 0 Å². The summed E-state index contributed by atoms with van der Waals surface area (Å²) in [5.74, 6) is 2.86. The van der Waals surface area contributed by atoms with Gasteiger partial charge in [0.15, 0.2) is 0 Å². The number of nitrogens with zero attached hydrogens (tertiary/aromatic N) is 4. The second-order valence-corrected chi connectivity index (χ2v) is 9.94. The molecular formula is C28H40N4. The van der Waals surface area contributed by atoms with E-state index in [1.54, 1.807) is 0 Å². The maximum atomic E-state index is 9.06. The molecule has 172 valence electrons. The van der Waals surface area contributed by atoms with E-state index < -0.39 is 0 Å². The van der Waals surface area contributed by atoms with Crippen LogP contribution in [0, 0.1) is 105 Å². The van der Waals surface area contributed by atoms with Crippen molar-refractivity contribution >= 4 is 0 Å². The lowest BCUT2D eigenvalue weighted by Crippen LogP contribution is -2.32. The first-order valence-corrected chi connectivity index (χ1v) is 12.1. The first-order valence-electron chi connectivity index (χ1n) is 12.1. The maximum absolute atomic E-state index is 9.06. The number of rotatable bonds is 6. The lowest BCUT2D eigenvalue weighted by Gasteiger charge is -2.37. The minimum Gasteiger partial charge on any atom is -0.198 e. The highest BCUT2D eigenvalue weighted by Crippen LogP contribution is 2.42. The Bertz CT molecular complexity index is 773. The van der Waals surface area contributed by atoms with Crippen molar-refractivity contribution in [1.29, 1.82) is 21.0 Å². The first-order chi connectivity index (χ1) is 15.3. The zero-order valence-corrected chi connectivity index (χ0v) is 20.4. The highest BCUT2D eigenvalue weighted by Gasteiger charge is 2.36. The van der Waals surface area contributed by atoms with Gasteiger partial charge in [0.2, 0.25) is 0 Å². The summed E-state index contributed by atoms with van der Waals surface area (Å²) in [6.45, 7) is 15.7. The van der Waals surface area contributed by atoms with Crippen LogP contribution in [-0.4, -0.2) is 0 Å². The molecule has 2 aliphatic carbocycles. The number of hydrogen-bond acceptors (Lipinski definition) is 4. The van der Waals surface area contributed by atoms with Crippen LogP contribution in [0.2, 0.25) is 0 Å². The van der Waals surface area contributed by atoms with Crippen molar-refractivity contribution in [2.45, 2.75) is 66.2 Å². The van der Waals surface area contributed by atoms with E-state index in [1.165, 1.54) is 0 Å². The average Bonchev–Trinajstić information content (AvgIpc) is 2.86. The van der Waals surface area contributed by atoms with Gasteiger partial charge < -0.3 is 0 Å². The van der Waals surface area contributed by atoms with Crippen LogP contribution in [0.15, 0.2) is 25.3 Å². The Hall–Kier alpha value is -2.56. The van der Waals surface area contributed by atoms with Crippen LogP contribution in [0.1, 0.15) is 66.2 Å². The Balaban J connectivity index is 0.000000320. The Labute approximate surface area is 196 Å². The molecule has 2 saturated carbocycles. The summed E-state index contributed by atoms with van der Waals surface area (Å²) in [6, 6.07) is 9.37. The first kappa shape index (κ1) is 27.5. The molecular weight excluding hydrogens is 392 g/mol. The van der Waals surface area contributed by atoms with Crippen molar-refractivity contribution < 1.29 is 0 Å². The van der Waals surface area contributed by atoms with Gasteiger partial charge in [0.05, 0.1) is 24.3 Å². The predicted molar refractivity (Wildman–Crippen MR) is 128 cm³/mol. The minimum atomic E-state index is 0.0450. The molecule has 0 aliphatic heterocycles. The van der Waals surface area contributed by atoms with Crippen molar-refractivity contribution in [3.8, 4) is 24.3 Å². The molecule has 0 spiro atoms. The highest BCUT2D eigenvalue weighted by atomic mass is 14.4. The van der Waals surface area contributed by atoms with Crippen LogP contribution in [0.3, 0.4) is 0 Å². The number of nitriles is 4. The molecule has 0 saturated heterocycles. The Morgan fingerprint density at radius 2 is 1.16 bits per heavy atom.